The Morgan fingerprint density at radius 2 is 2.07 bits per heavy atom. The van der Waals surface area contributed by atoms with E-state index in [0.29, 0.717) is 5.56 Å². The van der Waals surface area contributed by atoms with E-state index in [1.54, 1.807) is 0 Å². The molecule has 76 valence electrons. The van der Waals surface area contributed by atoms with E-state index in [-0.39, 0.29) is 11.1 Å². The second-order valence-electron chi connectivity index (χ2n) is 3.44. The molecule has 2 rings (SSSR count). The Hall–Kier alpha value is -0.670. The molecule has 1 aromatic rings. The Bertz CT molecular complexity index is 348. The van der Waals surface area contributed by atoms with Crippen LogP contribution in [-0.4, -0.2) is 6.54 Å². The summed E-state index contributed by atoms with van der Waals surface area (Å²) in [7, 11) is 0. The number of hydrogen-bond acceptors (Lipinski definition) is 1. The fourth-order valence-corrected chi connectivity index (χ4v) is 1.91. The third-order valence-corrected chi connectivity index (χ3v) is 2.76. The molecule has 1 N–H and O–H groups in total. The van der Waals surface area contributed by atoms with E-state index in [2.05, 4.69) is 5.32 Å². The first-order valence-corrected chi connectivity index (χ1v) is 4.94. The monoisotopic (exact) mass is 217 g/mol. The van der Waals surface area contributed by atoms with E-state index in [1.807, 2.05) is 0 Å². The molecule has 1 atom stereocenters. The smallest absolute Gasteiger partial charge is 0.142 e. The molecule has 1 aliphatic heterocycles. The van der Waals surface area contributed by atoms with Crippen LogP contribution in [0.3, 0.4) is 0 Å². The second-order valence-corrected chi connectivity index (χ2v) is 3.84. The number of rotatable bonds is 1. The Kier molecular flexibility index (Phi) is 2.70. The summed E-state index contributed by atoms with van der Waals surface area (Å²) in [4.78, 5) is 0. The highest BCUT2D eigenvalue weighted by molar-refractivity contribution is 6.30. The number of nitrogens with one attached hydrogen (secondary N) is 1. The van der Waals surface area contributed by atoms with Crippen molar-refractivity contribution in [1.82, 2.24) is 5.32 Å². The van der Waals surface area contributed by atoms with E-state index in [9.17, 15) is 8.78 Å². The van der Waals surface area contributed by atoms with Crippen molar-refractivity contribution in [3.8, 4) is 0 Å². The van der Waals surface area contributed by atoms with Gasteiger partial charge in [0.05, 0.1) is 5.02 Å². The van der Waals surface area contributed by atoms with Crippen molar-refractivity contribution >= 4 is 11.6 Å². The molecule has 0 aliphatic carbocycles. The third-order valence-electron chi connectivity index (χ3n) is 2.48. The summed E-state index contributed by atoms with van der Waals surface area (Å²) < 4.78 is 26.5. The third kappa shape index (κ3) is 1.74. The summed E-state index contributed by atoms with van der Waals surface area (Å²) in [5.41, 5.74) is 0.379. The lowest BCUT2D eigenvalue weighted by molar-refractivity contribution is 0.544. The van der Waals surface area contributed by atoms with Gasteiger partial charge in [0.25, 0.3) is 0 Å². The van der Waals surface area contributed by atoms with Crippen molar-refractivity contribution in [2.24, 2.45) is 0 Å². The second kappa shape index (κ2) is 3.83. The standard InChI is InChI=1S/C10H10ClF2N/c11-7-5-8(12)6(4-9(7)13)10-2-1-3-14-10/h4-5,10,14H,1-3H2/t10-/m1/s1. The minimum Gasteiger partial charge on any atom is -0.310 e. The molecule has 1 aliphatic rings. The van der Waals surface area contributed by atoms with Crippen LogP contribution in [0.15, 0.2) is 12.1 Å². The highest BCUT2D eigenvalue weighted by Crippen LogP contribution is 2.28. The van der Waals surface area contributed by atoms with Crippen LogP contribution in [0.5, 0.6) is 0 Å². The molecule has 0 unspecified atom stereocenters. The van der Waals surface area contributed by atoms with Crippen LogP contribution in [0.25, 0.3) is 0 Å². The first-order valence-electron chi connectivity index (χ1n) is 4.56. The maximum atomic E-state index is 13.4. The SMILES string of the molecule is Fc1cc([C@H]2CCCN2)c(F)cc1Cl. The van der Waals surface area contributed by atoms with E-state index >= 15 is 0 Å². The predicted molar refractivity (Wildman–Crippen MR) is 51.3 cm³/mol. The van der Waals surface area contributed by atoms with Gasteiger partial charge in [-0.15, -0.1) is 0 Å². The van der Waals surface area contributed by atoms with E-state index in [1.165, 1.54) is 6.07 Å². The molecular weight excluding hydrogens is 208 g/mol. The lowest BCUT2D eigenvalue weighted by atomic mass is 10.0. The molecule has 14 heavy (non-hydrogen) atoms. The van der Waals surface area contributed by atoms with Crippen LogP contribution >= 0.6 is 11.6 Å². The van der Waals surface area contributed by atoms with Crippen molar-refractivity contribution in [2.75, 3.05) is 6.54 Å². The predicted octanol–water partition coefficient (Wildman–Crippen LogP) is 3.04. The van der Waals surface area contributed by atoms with E-state index in [0.717, 1.165) is 25.5 Å². The first kappa shape index (κ1) is 9.87. The maximum absolute atomic E-state index is 13.4. The molecule has 0 saturated carbocycles. The molecule has 4 heteroatoms. The summed E-state index contributed by atoms with van der Waals surface area (Å²) in [5.74, 6) is -0.993. The lowest BCUT2D eigenvalue weighted by Crippen LogP contribution is -2.14. The Balaban J connectivity index is 2.37. The average Bonchev–Trinajstić information content (AvgIpc) is 2.64. The van der Waals surface area contributed by atoms with E-state index in [4.69, 9.17) is 11.6 Å². The molecule has 0 radical (unpaired) electrons. The largest absolute Gasteiger partial charge is 0.310 e. The zero-order valence-corrected chi connectivity index (χ0v) is 8.24. The minimum absolute atomic E-state index is 0.0678. The summed E-state index contributed by atoms with van der Waals surface area (Å²) in [6.45, 7) is 0.856. The molecule has 1 nitrogen and oxygen atoms in total. The van der Waals surface area contributed by atoms with Gasteiger partial charge >= 0.3 is 0 Å². The average molecular weight is 218 g/mol. The highest BCUT2D eigenvalue weighted by Gasteiger charge is 2.21. The van der Waals surface area contributed by atoms with Crippen molar-refractivity contribution in [3.63, 3.8) is 0 Å². The van der Waals surface area contributed by atoms with Gasteiger partial charge in [-0.05, 0) is 31.5 Å². The van der Waals surface area contributed by atoms with Crippen molar-refractivity contribution in [3.05, 3.63) is 34.4 Å². The molecule has 0 aromatic heterocycles. The molecule has 1 saturated heterocycles. The zero-order valence-electron chi connectivity index (χ0n) is 7.49. The van der Waals surface area contributed by atoms with Crippen LogP contribution in [-0.2, 0) is 0 Å². The van der Waals surface area contributed by atoms with Gasteiger partial charge in [0, 0.05) is 11.6 Å². The number of hydrogen-bond donors (Lipinski definition) is 1. The molecule has 0 bridgehead atoms. The normalized spacial score (nSPS) is 21.5. The van der Waals surface area contributed by atoms with Crippen molar-refractivity contribution in [2.45, 2.75) is 18.9 Å². The van der Waals surface area contributed by atoms with E-state index < -0.39 is 11.6 Å². The van der Waals surface area contributed by atoms with Gasteiger partial charge in [0.1, 0.15) is 11.6 Å². The zero-order chi connectivity index (χ0) is 10.1. The maximum Gasteiger partial charge on any atom is 0.142 e. The molecular formula is C10H10ClF2N. The number of benzene rings is 1. The van der Waals surface area contributed by atoms with Crippen molar-refractivity contribution < 1.29 is 8.78 Å². The van der Waals surface area contributed by atoms with Gasteiger partial charge in [-0.25, -0.2) is 8.78 Å². The Labute approximate surface area is 86.1 Å². The summed E-state index contributed by atoms with van der Waals surface area (Å²) in [5, 5.41) is 2.95. The molecule has 1 fully saturated rings. The quantitative estimate of drug-likeness (QED) is 0.713. The van der Waals surface area contributed by atoms with Gasteiger partial charge in [-0.3, -0.25) is 0 Å². The van der Waals surface area contributed by atoms with Gasteiger partial charge < -0.3 is 5.32 Å². The molecule has 0 amide bonds. The van der Waals surface area contributed by atoms with Crippen LogP contribution in [0.4, 0.5) is 8.78 Å². The van der Waals surface area contributed by atoms with Gasteiger partial charge in [-0.1, -0.05) is 11.6 Å². The summed E-state index contributed by atoms with van der Waals surface area (Å²) in [6.07, 6.45) is 1.84. The Morgan fingerprint density at radius 3 is 2.71 bits per heavy atom. The molecule has 0 spiro atoms. The molecule has 1 heterocycles. The highest BCUT2D eigenvalue weighted by atomic mass is 35.5. The van der Waals surface area contributed by atoms with Gasteiger partial charge in [-0.2, -0.15) is 0 Å². The summed E-state index contributed by atoms with van der Waals surface area (Å²) >= 11 is 5.46. The van der Waals surface area contributed by atoms with Crippen LogP contribution in [0.2, 0.25) is 5.02 Å². The topological polar surface area (TPSA) is 12.0 Å². The Morgan fingerprint density at radius 1 is 1.29 bits per heavy atom. The fourth-order valence-electron chi connectivity index (χ4n) is 1.75. The van der Waals surface area contributed by atoms with Crippen LogP contribution in [0.1, 0.15) is 24.4 Å². The van der Waals surface area contributed by atoms with Crippen LogP contribution < -0.4 is 5.32 Å². The first-order chi connectivity index (χ1) is 6.68. The van der Waals surface area contributed by atoms with Crippen molar-refractivity contribution in [1.29, 1.82) is 0 Å². The lowest BCUT2D eigenvalue weighted by Gasteiger charge is -2.12. The van der Waals surface area contributed by atoms with Gasteiger partial charge in [0.2, 0.25) is 0 Å². The summed E-state index contributed by atoms with van der Waals surface area (Å²) in [6, 6.07) is 2.15. The number of halogens is 3. The van der Waals surface area contributed by atoms with Gasteiger partial charge in [0.15, 0.2) is 0 Å². The minimum atomic E-state index is -0.559. The van der Waals surface area contributed by atoms with Crippen LogP contribution in [0, 0.1) is 11.6 Å². The fraction of sp³-hybridized carbons (Fsp3) is 0.400. The molecule has 1 aromatic carbocycles.